The maximum atomic E-state index is 12.0. The van der Waals surface area contributed by atoms with Gasteiger partial charge >= 0.3 is 47.8 Å². The summed E-state index contributed by atoms with van der Waals surface area (Å²) >= 11 is 13.2. The molecule has 20 nitrogen and oxygen atoms in total. The number of carbonyl (C=O) groups excluding carboxylic acids is 8. The number of ether oxygens (including phenoxy) is 12. The lowest BCUT2D eigenvalue weighted by Gasteiger charge is -2.26. The summed E-state index contributed by atoms with van der Waals surface area (Å²) < 4.78 is 61.9. The molecule has 0 aliphatic heterocycles. The molecule has 0 radical (unpaired) electrons. The van der Waals surface area contributed by atoms with Crippen LogP contribution >= 0.6 is 49.6 Å². The first kappa shape index (κ1) is 79.6. The Labute approximate surface area is 554 Å². The molecule has 4 rings (SSSR count). The van der Waals surface area contributed by atoms with E-state index in [2.05, 4.69) is 85.3 Å². The minimum atomic E-state index is -0.477. The molecule has 0 bridgehead atoms. The Hall–Kier alpha value is -7.54. The quantitative estimate of drug-likeness (QED) is 0.0123. The van der Waals surface area contributed by atoms with Gasteiger partial charge in [0.15, 0.2) is 0 Å². The van der Waals surface area contributed by atoms with Gasteiger partial charge in [-0.15, -0.1) is 0 Å². The molecule has 0 aliphatic rings. The van der Waals surface area contributed by atoms with Gasteiger partial charge in [0.25, 0.3) is 0 Å². The summed E-state index contributed by atoms with van der Waals surface area (Å²) in [6.45, 7) is 20.6. The molecule has 91 heavy (non-hydrogen) atoms. The summed E-state index contributed by atoms with van der Waals surface area (Å²) in [5.41, 5.74) is 3.98. The smallest absolute Gasteiger partial charge is 0.330 e. The van der Waals surface area contributed by atoms with E-state index in [-0.39, 0.29) is 152 Å². The fourth-order valence-electron chi connectivity index (χ4n) is 7.43. The number of thioether (sulfide) groups is 1. The highest BCUT2D eigenvalue weighted by atomic mass is 32.2. The lowest BCUT2D eigenvalue weighted by molar-refractivity contribution is -0.151. The fraction of sp³-hybridized carbons (Fsp3) is 0.433. The van der Waals surface area contributed by atoms with Gasteiger partial charge < -0.3 is 56.8 Å². The number of hydrogen-bond acceptors (Lipinski definition) is 24. The third-order valence-corrected chi connectivity index (χ3v) is 14.2. The third kappa shape index (κ3) is 35.6. The van der Waals surface area contributed by atoms with Crippen LogP contribution < -0.4 is 18.9 Å². The van der Waals surface area contributed by atoms with Crippen molar-refractivity contribution in [2.75, 3.05) is 108 Å². The summed E-state index contributed by atoms with van der Waals surface area (Å²) in [4.78, 5) is 89.6. The molecular formula is C67H86O20S4. The molecule has 0 saturated heterocycles. The number of thiol groups is 3. The first-order valence-electron chi connectivity index (χ1n) is 29.2. The van der Waals surface area contributed by atoms with Crippen LogP contribution in [0.4, 0.5) is 0 Å². The van der Waals surface area contributed by atoms with Gasteiger partial charge in [0.1, 0.15) is 102 Å². The number of rotatable bonds is 42. The minimum absolute atomic E-state index is 0.0361. The number of esters is 8. The summed E-state index contributed by atoms with van der Waals surface area (Å²) in [7, 11) is 0. The SMILES string of the molecule is C=CC(=O)OCCOc1ccc(C(C)(C)c2ccc(OCCOC(=O)C=C)cc2)cc1.C=CC(=O)OCCOc1ccc(C(C)(C)c2ccc(OCCOC(=O)CCCSCCC(=O)OCCOC(=O)CCS)cc2)cc1.O=C(CCS)OCCOC(=O)CCS. The molecule has 498 valence electrons. The Bertz CT molecular complexity index is 2730. The van der Waals surface area contributed by atoms with Crippen LogP contribution in [-0.4, -0.2) is 156 Å². The first-order valence-corrected chi connectivity index (χ1v) is 32.3. The average Bonchev–Trinajstić information content (AvgIpc) is 1.50. The zero-order valence-corrected chi connectivity index (χ0v) is 55.8. The Balaban J connectivity index is 0.000000536. The maximum Gasteiger partial charge on any atom is 0.330 e. The Morgan fingerprint density at radius 1 is 0.341 bits per heavy atom. The molecule has 0 unspecified atom stereocenters. The Kier molecular flexibility index (Phi) is 41.4. The van der Waals surface area contributed by atoms with Gasteiger partial charge in [0.05, 0.1) is 25.7 Å². The molecule has 0 fully saturated rings. The normalized spacial score (nSPS) is 10.6. The largest absolute Gasteiger partial charge is 0.490 e. The topological polar surface area (TPSA) is 247 Å². The second-order valence-electron chi connectivity index (χ2n) is 19.8. The average molecular weight is 1340 g/mol. The van der Waals surface area contributed by atoms with Crippen molar-refractivity contribution in [1.82, 2.24) is 0 Å². The van der Waals surface area contributed by atoms with Gasteiger partial charge in [-0.1, -0.05) is 96.0 Å². The molecule has 4 aromatic rings. The van der Waals surface area contributed by atoms with Crippen LogP contribution in [0, 0.1) is 0 Å². The van der Waals surface area contributed by atoms with Crippen molar-refractivity contribution in [1.29, 1.82) is 0 Å². The monoisotopic (exact) mass is 1340 g/mol. The second kappa shape index (κ2) is 47.4. The highest BCUT2D eigenvalue weighted by Gasteiger charge is 2.25. The van der Waals surface area contributed by atoms with Crippen molar-refractivity contribution in [3.05, 3.63) is 157 Å². The molecule has 0 heterocycles. The zero-order valence-electron chi connectivity index (χ0n) is 52.3. The van der Waals surface area contributed by atoms with Crippen LogP contribution in [0.3, 0.4) is 0 Å². The van der Waals surface area contributed by atoms with Gasteiger partial charge in [0, 0.05) is 58.5 Å². The molecule has 4 aromatic carbocycles. The maximum absolute atomic E-state index is 12.0. The van der Waals surface area contributed by atoms with Crippen LogP contribution in [-0.2, 0) is 87.1 Å². The third-order valence-electron chi connectivity index (χ3n) is 12.5. The van der Waals surface area contributed by atoms with Gasteiger partial charge in [-0.25, -0.2) is 14.4 Å². The lowest BCUT2D eigenvalue weighted by atomic mass is 9.78. The Morgan fingerprint density at radius 3 is 0.824 bits per heavy atom. The second-order valence-corrected chi connectivity index (χ2v) is 22.4. The van der Waals surface area contributed by atoms with Gasteiger partial charge in [-0.2, -0.15) is 49.6 Å². The van der Waals surface area contributed by atoms with Crippen LogP contribution in [0.2, 0.25) is 0 Å². The van der Waals surface area contributed by atoms with E-state index >= 15 is 0 Å². The standard InChI is InChI=1S/C34H44O10S2.C25H28O6.C8H14O4S2/c1-4-30(35)41-19-17-39-28-11-7-26(8-12-28)34(2,3)27-9-13-29(14-10-27)40-18-20-42-31(36)6-5-24-46-25-16-33(38)44-22-21-43-32(37)15-23-45;1-5-23(26)30-17-15-28-21-11-7-19(8-12-21)25(3,4)20-9-13-22(14-10-20)29-16-18-31-24(27)6-2;9-7(1-5-13)11-3-4-12-8(10)2-6-14/h4,7-14,45H,1,5-6,15-25H2,2-3H3;5-14H,1-2,15-18H2,3-4H3;13-14H,1-6H2. The molecule has 0 amide bonds. The highest BCUT2D eigenvalue weighted by Crippen LogP contribution is 2.35. The fourth-order valence-corrected chi connectivity index (χ4v) is 8.85. The van der Waals surface area contributed by atoms with Crippen LogP contribution in [0.15, 0.2) is 135 Å². The van der Waals surface area contributed by atoms with Crippen molar-refractivity contribution in [3.63, 3.8) is 0 Å². The lowest BCUT2D eigenvalue weighted by Crippen LogP contribution is -2.19. The molecule has 0 spiro atoms. The minimum Gasteiger partial charge on any atom is -0.490 e. The van der Waals surface area contributed by atoms with Crippen molar-refractivity contribution in [2.45, 2.75) is 77.0 Å². The first-order chi connectivity index (χ1) is 43.7. The van der Waals surface area contributed by atoms with Gasteiger partial charge in [-0.05, 0) is 83.0 Å². The van der Waals surface area contributed by atoms with Gasteiger partial charge in [-0.3, -0.25) is 24.0 Å². The molecule has 0 saturated carbocycles. The number of benzene rings is 4. The van der Waals surface area contributed by atoms with E-state index in [1.807, 2.05) is 97.1 Å². The summed E-state index contributed by atoms with van der Waals surface area (Å²) in [5.74, 6) is 2.33. The van der Waals surface area contributed by atoms with Crippen LogP contribution in [0.5, 0.6) is 23.0 Å². The zero-order chi connectivity index (χ0) is 67.1. The van der Waals surface area contributed by atoms with Crippen molar-refractivity contribution < 1.29 is 95.2 Å². The van der Waals surface area contributed by atoms with E-state index in [1.165, 1.54) is 0 Å². The highest BCUT2D eigenvalue weighted by molar-refractivity contribution is 7.99. The summed E-state index contributed by atoms with van der Waals surface area (Å²) in [6, 6.07) is 31.3. The number of hydrogen-bond donors (Lipinski definition) is 3. The van der Waals surface area contributed by atoms with Crippen LogP contribution in [0.1, 0.15) is 88.5 Å². The summed E-state index contributed by atoms with van der Waals surface area (Å²) in [6.07, 6.45) is 5.30. The Morgan fingerprint density at radius 2 is 0.571 bits per heavy atom. The van der Waals surface area contributed by atoms with E-state index in [9.17, 15) is 38.4 Å². The molecule has 0 aliphatic carbocycles. The van der Waals surface area contributed by atoms with Crippen molar-refractivity contribution in [2.24, 2.45) is 0 Å². The predicted octanol–water partition coefficient (Wildman–Crippen LogP) is 10.3. The van der Waals surface area contributed by atoms with Crippen LogP contribution in [0.25, 0.3) is 0 Å². The molecule has 0 N–H and O–H groups in total. The van der Waals surface area contributed by atoms with E-state index in [0.717, 1.165) is 46.2 Å². The van der Waals surface area contributed by atoms with E-state index in [1.54, 1.807) is 11.8 Å². The summed E-state index contributed by atoms with van der Waals surface area (Å²) in [5, 5.41) is 0. The molecule has 24 heteroatoms. The van der Waals surface area contributed by atoms with Crippen molar-refractivity contribution in [3.8, 4) is 23.0 Å². The molecule has 0 atom stereocenters. The van der Waals surface area contributed by atoms with E-state index in [0.29, 0.717) is 52.4 Å². The van der Waals surface area contributed by atoms with Gasteiger partial charge in [0.2, 0.25) is 0 Å². The molecule has 0 aromatic heterocycles. The van der Waals surface area contributed by atoms with E-state index in [4.69, 9.17) is 56.8 Å². The predicted molar refractivity (Wildman–Crippen MR) is 357 cm³/mol. The number of carbonyl (C=O) groups is 8. The van der Waals surface area contributed by atoms with Crippen molar-refractivity contribution >= 4 is 97.4 Å². The molecular weight excluding hydrogens is 1250 g/mol. The van der Waals surface area contributed by atoms with E-state index < -0.39 is 17.9 Å².